The molecule has 1 aliphatic rings. The van der Waals surface area contributed by atoms with Crippen molar-refractivity contribution in [1.29, 1.82) is 0 Å². The van der Waals surface area contributed by atoms with E-state index < -0.39 is 0 Å². The van der Waals surface area contributed by atoms with Gasteiger partial charge in [0.25, 0.3) is 0 Å². The number of ether oxygens (including phenoxy) is 1. The van der Waals surface area contributed by atoms with Crippen LogP contribution in [0.15, 0.2) is 0 Å². The molecule has 0 spiro atoms. The van der Waals surface area contributed by atoms with Crippen LogP contribution < -0.4 is 5.73 Å². The van der Waals surface area contributed by atoms with Crippen LogP contribution in [-0.4, -0.2) is 30.5 Å². The quantitative estimate of drug-likeness (QED) is 0.643. The van der Waals surface area contributed by atoms with Crippen LogP contribution in [0.2, 0.25) is 0 Å². The molecule has 1 fully saturated rings. The third-order valence-corrected chi connectivity index (χ3v) is 4.10. The van der Waals surface area contributed by atoms with Crippen molar-refractivity contribution in [3.05, 3.63) is 0 Å². The van der Waals surface area contributed by atoms with Gasteiger partial charge in [0, 0.05) is 18.8 Å². The molecule has 17 heavy (non-hydrogen) atoms. The summed E-state index contributed by atoms with van der Waals surface area (Å²) in [5.74, 6) is 1.10. The number of hydrogen-bond acceptors (Lipinski definition) is 3. The van der Waals surface area contributed by atoms with Crippen molar-refractivity contribution in [2.45, 2.75) is 57.9 Å². The van der Waals surface area contributed by atoms with Gasteiger partial charge in [-0.05, 0) is 37.5 Å². The standard InChI is InChI=1S/C14H29NO2/c1-3-5-12(2)10-17-9-7-13-6-4-8-14(13,15)11-16/h12-13,16H,3-11,15H2,1-2H3. The molecule has 0 heterocycles. The van der Waals surface area contributed by atoms with Crippen molar-refractivity contribution in [3.8, 4) is 0 Å². The van der Waals surface area contributed by atoms with Crippen LogP contribution in [0.3, 0.4) is 0 Å². The van der Waals surface area contributed by atoms with Gasteiger partial charge in [-0.15, -0.1) is 0 Å². The van der Waals surface area contributed by atoms with Gasteiger partial charge in [0.05, 0.1) is 6.61 Å². The Balaban J connectivity index is 2.14. The Morgan fingerprint density at radius 2 is 2.29 bits per heavy atom. The van der Waals surface area contributed by atoms with Gasteiger partial charge in [0.15, 0.2) is 0 Å². The number of aliphatic hydroxyl groups is 1. The molecular formula is C14H29NO2. The van der Waals surface area contributed by atoms with Crippen LogP contribution in [0.1, 0.15) is 52.4 Å². The number of rotatable bonds is 8. The smallest absolute Gasteiger partial charge is 0.0613 e. The molecule has 0 saturated heterocycles. The molecule has 3 unspecified atom stereocenters. The lowest BCUT2D eigenvalue weighted by Gasteiger charge is -2.29. The van der Waals surface area contributed by atoms with Crippen molar-refractivity contribution in [2.24, 2.45) is 17.6 Å². The molecule has 3 heteroatoms. The zero-order valence-corrected chi connectivity index (χ0v) is 11.5. The molecule has 3 nitrogen and oxygen atoms in total. The van der Waals surface area contributed by atoms with Crippen molar-refractivity contribution >= 4 is 0 Å². The van der Waals surface area contributed by atoms with Gasteiger partial charge in [-0.2, -0.15) is 0 Å². The highest BCUT2D eigenvalue weighted by Crippen LogP contribution is 2.35. The van der Waals surface area contributed by atoms with E-state index in [1.807, 2.05) is 0 Å². The minimum absolute atomic E-state index is 0.115. The van der Waals surface area contributed by atoms with Crippen molar-refractivity contribution in [3.63, 3.8) is 0 Å². The summed E-state index contributed by atoms with van der Waals surface area (Å²) in [7, 11) is 0. The lowest BCUT2D eigenvalue weighted by molar-refractivity contribution is 0.0746. The van der Waals surface area contributed by atoms with Gasteiger partial charge in [0.2, 0.25) is 0 Å². The fraction of sp³-hybridized carbons (Fsp3) is 1.00. The maximum Gasteiger partial charge on any atom is 0.0613 e. The minimum atomic E-state index is -0.335. The number of hydrogen-bond donors (Lipinski definition) is 2. The first kappa shape index (κ1) is 14.9. The minimum Gasteiger partial charge on any atom is -0.394 e. The lowest BCUT2D eigenvalue weighted by atomic mass is 9.87. The summed E-state index contributed by atoms with van der Waals surface area (Å²) in [6, 6.07) is 0. The van der Waals surface area contributed by atoms with E-state index in [0.29, 0.717) is 11.8 Å². The summed E-state index contributed by atoms with van der Waals surface area (Å²) >= 11 is 0. The molecule has 3 atom stereocenters. The molecule has 0 bridgehead atoms. The average molecular weight is 243 g/mol. The predicted molar refractivity (Wildman–Crippen MR) is 70.9 cm³/mol. The van der Waals surface area contributed by atoms with Gasteiger partial charge < -0.3 is 15.6 Å². The van der Waals surface area contributed by atoms with E-state index >= 15 is 0 Å². The third kappa shape index (κ3) is 4.57. The SMILES string of the molecule is CCCC(C)COCCC1CCCC1(N)CO. The first-order chi connectivity index (χ1) is 8.12. The Kier molecular flexibility index (Phi) is 6.45. The number of nitrogens with two attached hydrogens (primary N) is 1. The highest BCUT2D eigenvalue weighted by molar-refractivity contribution is 4.95. The van der Waals surface area contributed by atoms with E-state index in [-0.39, 0.29) is 12.1 Å². The zero-order chi connectivity index (χ0) is 12.7. The van der Waals surface area contributed by atoms with Crippen molar-refractivity contribution in [2.75, 3.05) is 19.8 Å². The summed E-state index contributed by atoms with van der Waals surface area (Å²) in [5, 5.41) is 9.34. The second-order valence-corrected chi connectivity index (χ2v) is 5.74. The molecule has 0 amide bonds. The van der Waals surface area contributed by atoms with E-state index in [1.54, 1.807) is 0 Å². The van der Waals surface area contributed by atoms with E-state index in [0.717, 1.165) is 38.9 Å². The van der Waals surface area contributed by atoms with Gasteiger partial charge in [-0.3, -0.25) is 0 Å². The van der Waals surface area contributed by atoms with Crippen molar-refractivity contribution < 1.29 is 9.84 Å². The second-order valence-electron chi connectivity index (χ2n) is 5.74. The van der Waals surface area contributed by atoms with Gasteiger partial charge in [0.1, 0.15) is 0 Å². The van der Waals surface area contributed by atoms with Crippen LogP contribution in [-0.2, 0) is 4.74 Å². The molecule has 0 aromatic carbocycles. The zero-order valence-electron chi connectivity index (χ0n) is 11.5. The third-order valence-electron chi connectivity index (χ3n) is 4.10. The van der Waals surface area contributed by atoms with E-state index in [4.69, 9.17) is 10.5 Å². The summed E-state index contributed by atoms with van der Waals surface area (Å²) < 4.78 is 5.71. The fourth-order valence-electron chi connectivity index (χ4n) is 2.90. The molecule has 1 aliphatic carbocycles. The highest BCUT2D eigenvalue weighted by atomic mass is 16.5. The normalized spacial score (nSPS) is 30.7. The molecule has 0 aliphatic heterocycles. The molecule has 3 N–H and O–H groups in total. The van der Waals surface area contributed by atoms with Gasteiger partial charge in [-0.25, -0.2) is 0 Å². The lowest BCUT2D eigenvalue weighted by Crippen LogP contribution is -2.47. The molecule has 1 rings (SSSR count). The first-order valence-corrected chi connectivity index (χ1v) is 7.10. The summed E-state index contributed by atoms with van der Waals surface area (Å²) in [6.45, 7) is 6.21. The van der Waals surface area contributed by atoms with E-state index in [2.05, 4.69) is 13.8 Å². The number of aliphatic hydroxyl groups excluding tert-OH is 1. The molecular weight excluding hydrogens is 214 g/mol. The maximum atomic E-state index is 9.34. The average Bonchev–Trinajstić information content (AvgIpc) is 2.68. The van der Waals surface area contributed by atoms with Crippen molar-refractivity contribution in [1.82, 2.24) is 0 Å². The maximum absolute atomic E-state index is 9.34. The molecule has 1 saturated carbocycles. The summed E-state index contributed by atoms with van der Waals surface area (Å²) in [4.78, 5) is 0. The van der Waals surface area contributed by atoms with Gasteiger partial charge >= 0.3 is 0 Å². The summed E-state index contributed by atoms with van der Waals surface area (Å²) in [5.41, 5.74) is 5.85. The predicted octanol–water partition coefficient (Wildman–Crippen LogP) is 2.32. The Morgan fingerprint density at radius 1 is 1.53 bits per heavy atom. The summed E-state index contributed by atoms with van der Waals surface area (Å²) in [6.07, 6.45) is 6.71. The van der Waals surface area contributed by atoms with Crippen LogP contribution in [0, 0.1) is 11.8 Å². The van der Waals surface area contributed by atoms with Crippen LogP contribution in [0.4, 0.5) is 0 Å². The monoisotopic (exact) mass is 243 g/mol. The van der Waals surface area contributed by atoms with Crippen LogP contribution in [0.25, 0.3) is 0 Å². The topological polar surface area (TPSA) is 55.5 Å². The first-order valence-electron chi connectivity index (χ1n) is 7.10. The largest absolute Gasteiger partial charge is 0.394 e. The molecule has 102 valence electrons. The Morgan fingerprint density at radius 3 is 2.94 bits per heavy atom. The molecule has 0 radical (unpaired) electrons. The molecule has 0 aromatic rings. The Labute approximate surface area is 106 Å². The van der Waals surface area contributed by atoms with E-state index in [9.17, 15) is 5.11 Å². The fourth-order valence-corrected chi connectivity index (χ4v) is 2.90. The molecule has 0 aromatic heterocycles. The van der Waals surface area contributed by atoms with Crippen LogP contribution >= 0.6 is 0 Å². The van der Waals surface area contributed by atoms with E-state index in [1.165, 1.54) is 12.8 Å². The van der Waals surface area contributed by atoms with Gasteiger partial charge in [-0.1, -0.05) is 26.7 Å². The van der Waals surface area contributed by atoms with Crippen LogP contribution in [0.5, 0.6) is 0 Å². The Hall–Kier alpha value is -0.120. The Bertz CT molecular complexity index is 210. The second kappa shape index (κ2) is 7.34. The highest BCUT2D eigenvalue weighted by Gasteiger charge is 2.38.